The number of ether oxygens (including phenoxy) is 1. The SMILES string of the molecule is CCc1cc(O)c(Cl)c2c1C(=O)OC/C=C/CC/C=C/C(=N/OCC(=O)N1CCCCC1)C2. The lowest BCUT2D eigenvalue weighted by Crippen LogP contribution is -2.37. The van der Waals surface area contributed by atoms with Crippen LogP contribution in [-0.2, 0) is 27.2 Å². The standard InChI is InChI=1S/C25H31ClN2O5/c1-2-18-15-21(29)24(26)20-16-19(27-33-17-22(30)28-12-8-6-9-13-28)11-7-4-3-5-10-14-32-25(31)23(18)20/h5,7,10-11,15,29H,2-4,6,8-9,12-14,16-17H2,1H3/b10-5+,11-7+,27-19-. The average molecular weight is 475 g/mol. The molecule has 2 heterocycles. The quantitative estimate of drug-likeness (QED) is 0.391. The van der Waals surface area contributed by atoms with Crippen molar-refractivity contribution < 1.29 is 24.3 Å². The molecular weight excluding hydrogens is 444 g/mol. The van der Waals surface area contributed by atoms with Crippen molar-refractivity contribution in [2.75, 3.05) is 26.3 Å². The molecule has 1 aromatic rings. The Kier molecular flexibility index (Phi) is 9.36. The highest BCUT2D eigenvalue weighted by molar-refractivity contribution is 6.33. The number of phenols is 1. The van der Waals surface area contributed by atoms with Gasteiger partial charge in [-0.25, -0.2) is 4.79 Å². The number of fused-ring (bicyclic) bond motifs is 1. The number of nitrogens with zero attached hydrogens (tertiary/aromatic N) is 2. The van der Waals surface area contributed by atoms with Crippen LogP contribution in [0.25, 0.3) is 0 Å². The molecule has 2 aliphatic heterocycles. The molecule has 33 heavy (non-hydrogen) atoms. The summed E-state index contributed by atoms with van der Waals surface area (Å²) in [6.07, 6.45) is 12.9. The molecule has 0 aliphatic carbocycles. The number of carbonyl (C=O) groups is 2. The minimum atomic E-state index is -0.503. The second-order valence-electron chi connectivity index (χ2n) is 8.10. The molecule has 0 saturated carbocycles. The molecule has 2 aliphatic rings. The Labute approximate surface area is 199 Å². The number of aromatic hydroxyl groups is 1. The van der Waals surface area contributed by atoms with E-state index in [0.717, 1.165) is 45.2 Å². The Hall–Kier alpha value is -2.80. The fourth-order valence-electron chi connectivity index (χ4n) is 3.96. The summed E-state index contributed by atoms with van der Waals surface area (Å²) in [5.74, 6) is -0.697. The Balaban J connectivity index is 1.89. The first-order valence-corrected chi connectivity index (χ1v) is 11.9. The van der Waals surface area contributed by atoms with Crippen molar-refractivity contribution >= 4 is 29.2 Å². The number of hydrogen-bond acceptors (Lipinski definition) is 6. The summed E-state index contributed by atoms with van der Waals surface area (Å²) in [5, 5.41) is 14.6. The molecule has 0 aromatic heterocycles. The van der Waals surface area contributed by atoms with Crippen LogP contribution < -0.4 is 0 Å². The third-order valence-electron chi connectivity index (χ3n) is 5.73. The lowest BCUT2D eigenvalue weighted by atomic mass is 9.94. The van der Waals surface area contributed by atoms with Crippen molar-refractivity contribution in [1.82, 2.24) is 4.90 Å². The van der Waals surface area contributed by atoms with E-state index in [2.05, 4.69) is 5.16 Å². The van der Waals surface area contributed by atoms with E-state index in [9.17, 15) is 14.7 Å². The van der Waals surface area contributed by atoms with Crippen LogP contribution in [0.1, 0.15) is 60.5 Å². The van der Waals surface area contributed by atoms with Crippen molar-refractivity contribution in [2.24, 2.45) is 5.16 Å². The molecule has 1 N–H and O–H groups in total. The number of allylic oxidation sites excluding steroid dienone is 3. The van der Waals surface area contributed by atoms with Crippen LogP contribution in [0.2, 0.25) is 5.02 Å². The summed E-state index contributed by atoms with van der Waals surface area (Å²) in [6.45, 7) is 3.39. The second-order valence-corrected chi connectivity index (χ2v) is 8.48. The maximum atomic E-state index is 12.9. The van der Waals surface area contributed by atoms with Gasteiger partial charge in [0, 0.05) is 19.5 Å². The summed E-state index contributed by atoms with van der Waals surface area (Å²) in [7, 11) is 0. The van der Waals surface area contributed by atoms with Gasteiger partial charge in [-0.15, -0.1) is 0 Å². The summed E-state index contributed by atoms with van der Waals surface area (Å²) in [4.78, 5) is 32.5. The normalized spacial score (nSPS) is 20.6. The van der Waals surface area contributed by atoms with E-state index in [0.29, 0.717) is 28.8 Å². The number of esters is 1. The first kappa shape index (κ1) is 24.8. The summed E-state index contributed by atoms with van der Waals surface area (Å²) >= 11 is 6.43. The van der Waals surface area contributed by atoms with Gasteiger partial charge in [0.15, 0.2) is 6.61 Å². The molecule has 1 saturated heterocycles. The maximum Gasteiger partial charge on any atom is 0.339 e. The van der Waals surface area contributed by atoms with Crippen LogP contribution in [0.5, 0.6) is 5.75 Å². The van der Waals surface area contributed by atoms with Crippen LogP contribution in [0.4, 0.5) is 0 Å². The van der Waals surface area contributed by atoms with Crippen molar-refractivity contribution in [3.05, 3.63) is 52.1 Å². The van der Waals surface area contributed by atoms with Gasteiger partial charge in [-0.2, -0.15) is 0 Å². The number of carbonyl (C=O) groups excluding carboxylic acids is 2. The van der Waals surface area contributed by atoms with Crippen LogP contribution in [0.3, 0.4) is 0 Å². The molecule has 1 amide bonds. The van der Waals surface area contributed by atoms with Gasteiger partial charge in [-0.1, -0.05) is 41.9 Å². The number of likely N-dealkylation sites (tertiary alicyclic amines) is 1. The van der Waals surface area contributed by atoms with E-state index < -0.39 is 5.97 Å². The fraction of sp³-hybridized carbons (Fsp3) is 0.480. The van der Waals surface area contributed by atoms with E-state index in [1.165, 1.54) is 6.07 Å². The van der Waals surface area contributed by atoms with Gasteiger partial charge >= 0.3 is 5.97 Å². The van der Waals surface area contributed by atoms with E-state index in [-0.39, 0.29) is 36.3 Å². The average Bonchev–Trinajstić information content (AvgIpc) is 2.84. The molecule has 0 bridgehead atoms. The molecule has 0 radical (unpaired) electrons. The largest absolute Gasteiger partial charge is 0.506 e. The van der Waals surface area contributed by atoms with Crippen LogP contribution in [-0.4, -0.2) is 53.9 Å². The Bertz CT molecular complexity index is 949. The maximum absolute atomic E-state index is 12.9. The second kappa shape index (κ2) is 12.4. The van der Waals surface area contributed by atoms with Gasteiger partial charge in [0.2, 0.25) is 0 Å². The molecule has 3 rings (SSSR count). The third-order valence-corrected chi connectivity index (χ3v) is 6.15. The molecule has 1 fully saturated rings. The summed E-state index contributed by atoms with van der Waals surface area (Å²) < 4.78 is 5.43. The zero-order valence-corrected chi connectivity index (χ0v) is 19.8. The zero-order chi connectivity index (χ0) is 23.6. The molecule has 1 aromatic carbocycles. The molecule has 0 atom stereocenters. The van der Waals surface area contributed by atoms with E-state index >= 15 is 0 Å². The van der Waals surface area contributed by atoms with Gasteiger partial charge in [-0.05, 0) is 61.8 Å². The van der Waals surface area contributed by atoms with Gasteiger partial charge in [0.1, 0.15) is 12.4 Å². The van der Waals surface area contributed by atoms with Gasteiger partial charge < -0.3 is 19.6 Å². The Morgan fingerprint density at radius 1 is 1.21 bits per heavy atom. The van der Waals surface area contributed by atoms with Gasteiger partial charge in [-0.3, -0.25) is 4.79 Å². The minimum Gasteiger partial charge on any atom is -0.506 e. The minimum absolute atomic E-state index is 0.0788. The lowest BCUT2D eigenvalue weighted by Gasteiger charge is -2.26. The fourth-order valence-corrected chi connectivity index (χ4v) is 4.18. The highest BCUT2D eigenvalue weighted by Crippen LogP contribution is 2.34. The van der Waals surface area contributed by atoms with Gasteiger partial charge in [0.25, 0.3) is 5.91 Å². The third kappa shape index (κ3) is 6.84. The van der Waals surface area contributed by atoms with E-state index in [1.807, 2.05) is 19.1 Å². The van der Waals surface area contributed by atoms with Crippen molar-refractivity contribution in [3.63, 3.8) is 0 Å². The zero-order valence-electron chi connectivity index (χ0n) is 19.0. The molecule has 7 nitrogen and oxygen atoms in total. The summed E-state index contributed by atoms with van der Waals surface area (Å²) in [6, 6.07) is 1.50. The number of benzene rings is 1. The monoisotopic (exact) mass is 474 g/mol. The summed E-state index contributed by atoms with van der Waals surface area (Å²) in [5.41, 5.74) is 1.89. The van der Waals surface area contributed by atoms with Crippen molar-refractivity contribution in [1.29, 1.82) is 0 Å². The molecule has 0 spiro atoms. The number of piperidine rings is 1. The number of phenolic OH excluding ortho intramolecular Hbond substituents is 1. The Morgan fingerprint density at radius 2 is 1.97 bits per heavy atom. The first-order valence-electron chi connectivity index (χ1n) is 11.5. The predicted molar refractivity (Wildman–Crippen MR) is 128 cm³/mol. The number of rotatable bonds is 4. The van der Waals surface area contributed by atoms with Crippen LogP contribution in [0.15, 0.2) is 35.5 Å². The number of oxime groups is 1. The van der Waals surface area contributed by atoms with Crippen molar-refractivity contribution in [2.45, 2.75) is 51.9 Å². The lowest BCUT2D eigenvalue weighted by molar-refractivity contribution is -0.137. The van der Waals surface area contributed by atoms with Crippen molar-refractivity contribution in [3.8, 4) is 5.75 Å². The number of amides is 1. The van der Waals surface area contributed by atoms with E-state index in [4.69, 9.17) is 21.2 Å². The predicted octanol–water partition coefficient (Wildman–Crippen LogP) is 4.60. The molecule has 8 heteroatoms. The van der Waals surface area contributed by atoms with Crippen LogP contribution >= 0.6 is 11.6 Å². The van der Waals surface area contributed by atoms with Gasteiger partial charge in [0.05, 0.1) is 16.3 Å². The smallest absolute Gasteiger partial charge is 0.339 e. The first-order chi connectivity index (χ1) is 16.0. The number of cyclic esters (lactones) is 1. The Morgan fingerprint density at radius 3 is 2.73 bits per heavy atom. The molecule has 178 valence electrons. The highest BCUT2D eigenvalue weighted by atomic mass is 35.5. The number of hydrogen-bond donors (Lipinski definition) is 1. The van der Waals surface area contributed by atoms with Crippen LogP contribution in [0, 0.1) is 0 Å². The molecular formula is C25H31ClN2O5. The topological polar surface area (TPSA) is 88.4 Å². The number of aryl methyl sites for hydroxylation is 1. The number of halogens is 1. The highest BCUT2D eigenvalue weighted by Gasteiger charge is 2.24. The molecule has 0 unspecified atom stereocenters. The van der Waals surface area contributed by atoms with E-state index in [1.54, 1.807) is 17.1 Å².